The second-order valence-electron chi connectivity index (χ2n) is 6.66. The molecule has 1 aliphatic heterocycles. The molecule has 2 heterocycles. The van der Waals surface area contributed by atoms with Crippen molar-refractivity contribution in [3.63, 3.8) is 0 Å². The Bertz CT molecular complexity index is 801. The third-order valence-corrected chi connectivity index (χ3v) is 5.80. The van der Waals surface area contributed by atoms with Gasteiger partial charge in [-0.3, -0.25) is 14.5 Å². The van der Waals surface area contributed by atoms with Gasteiger partial charge in [0.25, 0.3) is 0 Å². The lowest BCUT2D eigenvalue weighted by atomic mass is 9.87. The van der Waals surface area contributed by atoms with Crippen molar-refractivity contribution < 1.29 is 9.59 Å². The Morgan fingerprint density at radius 2 is 2.16 bits per heavy atom. The van der Waals surface area contributed by atoms with E-state index in [0.29, 0.717) is 11.6 Å². The molecule has 2 amide bonds. The normalized spacial score (nSPS) is 19.8. The number of nitrogens with zero attached hydrogens (tertiary/aromatic N) is 2. The second-order valence-corrected chi connectivity index (χ2v) is 7.49. The summed E-state index contributed by atoms with van der Waals surface area (Å²) < 4.78 is 0. The number of nitrogens with one attached hydrogen (secondary N) is 1. The molecule has 4 rings (SSSR count). The Labute approximate surface area is 151 Å². The molecule has 5 nitrogen and oxygen atoms in total. The summed E-state index contributed by atoms with van der Waals surface area (Å²) in [6, 6.07) is 8.44. The van der Waals surface area contributed by atoms with E-state index in [2.05, 4.69) is 28.5 Å². The molecular formula is C19H21N3O2S. The first-order chi connectivity index (χ1) is 12.2. The zero-order valence-corrected chi connectivity index (χ0v) is 14.8. The fourth-order valence-corrected chi connectivity index (χ4v) is 4.53. The molecule has 2 aliphatic rings. The summed E-state index contributed by atoms with van der Waals surface area (Å²) in [5.74, 6) is 0.121. The van der Waals surface area contributed by atoms with Gasteiger partial charge >= 0.3 is 0 Å². The predicted molar refractivity (Wildman–Crippen MR) is 97.7 cm³/mol. The molecule has 0 saturated carbocycles. The number of carbonyl (C=O) groups excluding carboxylic acids is 2. The molecule has 1 aromatic carbocycles. The van der Waals surface area contributed by atoms with Crippen LogP contribution in [-0.4, -0.2) is 23.3 Å². The molecule has 1 fully saturated rings. The average molecular weight is 355 g/mol. The van der Waals surface area contributed by atoms with E-state index in [1.54, 1.807) is 4.90 Å². The van der Waals surface area contributed by atoms with Crippen molar-refractivity contribution in [1.29, 1.82) is 0 Å². The number of hydrogen-bond donors (Lipinski definition) is 1. The van der Waals surface area contributed by atoms with Gasteiger partial charge in [-0.15, -0.1) is 11.3 Å². The van der Waals surface area contributed by atoms with Gasteiger partial charge in [-0.1, -0.05) is 24.3 Å². The fraction of sp³-hybridized carbons (Fsp3) is 0.421. The van der Waals surface area contributed by atoms with Crippen molar-refractivity contribution in [2.45, 2.75) is 44.6 Å². The maximum absolute atomic E-state index is 12.5. The number of carbonyl (C=O) groups is 2. The molecular weight excluding hydrogens is 334 g/mol. The summed E-state index contributed by atoms with van der Waals surface area (Å²) in [4.78, 5) is 30.5. The Kier molecular flexibility index (Phi) is 4.53. The lowest BCUT2D eigenvalue weighted by Gasteiger charge is -2.26. The van der Waals surface area contributed by atoms with Crippen LogP contribution in [0.1, 0.15) is 48.5 Å². The molecule has 1 aliphatic carbocycles. The summed E-state index contributed by atoms with van der Waals surface area (Å²) in [7, 11) is 0. The molecule has 0 unspecified atom stereocenters. The lowest BCUT2D eigenvalue weighted by Crippen LogP contribution is -2.32. The number of rotatable bonds is 4. The molecule has 1 N–H and O–H groups in total. The Morgan fingerprint density at radius 1 is 1.28 bits per heavy atom. The molecule has 0 radical (unpaired) electrons. The Balaban J connectivity index is 1.40. The van der Waals surface area contributed by atoms with Crippen molar-refractivity contribution >= 4 is 28.3 Å². The van der Waals surface area contributed by atoms with Crippen molar-refractivity contribution in [2.24, 2.45) is 0 Å². The standard InChI is InChI=1S/C19H21N3O2S/c23-17(21-16-8-3-6-13-5-1-2-7-15(13)16)11-14-12-25-19(20-14)22-10-4-9-18(22)24/h1-2,5,7,12,16H,3-4,6,8-11H2,(H,21,23)/t16-/m1/s1. The monoisotopic (exact) mass is 355 g/mol. The Morgan fingerprint density at radius 3 is 3.00 bits per heavy atom. The topological polar surface area (TPSA) is 62.3 Å². The maximum atomic E-state index is 12.5. The van der Waals surface area contributed by atoms with Crippen LogP contribution >= 0.6 is 11.3 Å². The van der Waals surface area contributed by atoms with Crippen LogP contribution in [0, 0.1) is 0 Å². The van der Waals surface area contributed by atoms with Crippen LogP contribution < -0.4 is 10.2 Å². The zero-order valence-electron chi connectivity index (χ0n) is 14.0. The van der Waals surface area contributed by atoms with Crippen molar-refractivity contribution in [2.75, 3.05) is 11.4 Å². The van der Waals surface area contributed by atoms with Crippen molar-refractivity contribution in [1.82, 2.24) is 10.3 Å². The first kappa shape index (κ1) is 16.3. The highest BCUT2D eigenvalue weighted by atomic mass is 32.1. The van der Waals surface area contributed by atoms with E-state index >= 15 is 0 Å². The molecule has 0 bridgehead atoms. The van der Waals surface area contributed by atoms with Gasteiger partial charge in [0.05, 0.1) is 18.2 Å². The van der Waals surface area contributed by atoms with Crippen LogP contribution in [0.2, 0.25) is 0 Å². The molecule has 25 heavy (non-hydrogen) atoms. The van der Waals surface area contributed by atoms with E-state index in [1.807, 2.05) is 11.4 Å². The van der Waals surface area contributed by atoms with Crippen LogP contribution in [0.4, 0.5) is 5.13 Å². The molecule has 1 atom stereocenters. The van der Waals surface area contributed by atoms with E-state index in [1.165, 1.54) is 22.5 Å². The van der Waals surface area contributed by atoms with Gasteiger partial charge in [-0.05, 0) is 36.8 Å². The SMILES string of the molecule is O=C(Cc1csc(N2CCCC2=O)n1)N[C@@H]1CCCc2ccccc21. The van der Waals surface area contributed by atoms with Gasteiger partial charge in [0.2, 0.25) is 11.8 Å². The molecule has 6 heteroatoms. The summed E-state index contributed by atoms with van der Waals surface area (Å²) in [6.45, 7) is 0.733. The summed E-state index contributed by atoms with van der Waals surface area (Å²) in [5.41, 5.74) is 3.31. The number of aryl methyl sites for hydroxylation is 1. The smallest absolute Gasteiger partial charge is 0.228 e. The van der Waals surface area contributed by atoms with Crippen LogP contribution in [0.5, 0.6) is 0 Å². The molecule has 0 spiro atoms. The van der Waals surface area contributed by atoms with Crippen LogP contribution in [0.25, 0.3) is 0 Å². The lowest BCUT2D eigenvalue weighted by molar-refractivity contribution is -0.121. The van der Waals surface area contributed by atoms with Gasteiger partial charge < -0.3 is 5.32 Å². The number of anilines is 1. The summed E-state index contributed by atoms with van der Waals surface area (Å²) >= 11 is 1.44. The first-order valence-electron chi connectivity index (χ1n) is 8.82. The fourth-order valence-electron chi connectivity index (χ4n) is 3.67. The Hall–Kier alpha value is -2.21. The van der Waals surface area contributed by atoms with E-state index in [0.717, 1.165) is 37.9 Å². The minimum Gasteiger partial charge on any atom is -0.349 e. The highest BCUT2D eigenvalue weighted by Crippen LogP contribution is 2.30. The van der Waals surface area contributed by atoms with E-state index in [9.17, 15) is 9.59 Å². The minimum atomic E-state index is -0.00805. The van der Waals surface area contributed by atoms with Crippen LogP contribution in [-0.2, 0) is 22.4 Å². The predicted octanol–water partition coefficient (Wildman–Crippen LogP) is 3.01. The summed E-state index contributed by atoms with van der Waals surface area (Å²) in [6.07, 6.45) is 4.90. The van der Waals surface area contributed by atoms with Crippen molar-refractivity contribution in [3.05, 3.63) is 46.5 Å². The van der Waals surface area contributed by atoms with Crippen LogP contribution in [0.15, 0.2) is 29.6 Å². The largest absolute Gasteiger partial charge is 0.349 e. The number of aromatic nitrogens is 1. The van der Waals surface area contributed by atoms with E-state index < -0.39 is 0 Å². The molecule has 130 valence electrons. The van der Waals surface area contributed by atoms with E-state index in [4.69, 9.17) is 0 Å². The highest BCUT2D eigenvalue weighted by molar-refractivity contribution is 7.14. The van der Waals surface area contributed by atoms with Gasteiger partial charge in [-0.25, -0.2) is 4.98 Å². The van der Waals surface area contributed by atoms with Gasteiger partial charge in [-0.2, -0.15) is 0 Å². The molecule has 1 aromatic heterocycles. The summed E-state index contributed by atoms with van der Waals surface area (Å²) in [5, 5.41) is 5.76. The third kappa shape index (κ3) is 3.44. The van der Waals surface area contributed by atoms with E-state index in [-0.39, 0.29) is 24.3 Å². The third-order valence-electron chi connectivity index (χ3n) is 4.89. The number of amides is 2. The zero-order chi connectivity index (χ0) is 17.2. The second kappa shape index (κ2) is 6.96. The number of fused-ring (bicyclic) bond motifs is 1. The van der Waals surface area contributed by atoms with Crippen LogP contribution in [0.3, 0.4) is 0 Å². The maximum Gasteiger partial charge on any atom is 0.228 e. The van der Waals surface area contributed by atoms with Gasteiger partial charge in [0.15, 0.2) is 5.13 Å². The number of benzene rings is 1. The minimum absolute atomic E-state index is 0.00805. The first-order valence-corrected chi connectivity index (χ1v) is 9.70. The number of thiazole rings is 1. The molecule has 1 saturated heterocycles. The van der Waals surface area contributed by atoms with Gasteiger partial charge in [0.1, 0.15) is 0 Å². The highest BCUT2D eigenvalue weighted by Gasteiger charge is 2.25. The van der Waals surface area contributed by atoms with Gasteiger partial charge in [0, 0.05) is 18.3 Å². The van der Waals surface area contributed by atoms with Crippen molar-refractivity contribution in [3.8, 4) is 0 Å². The number of hydrogen-bond acceptors (Lipinski definition) is 4. The average Bonchev–Trinajstić information content (AvgIpc) is 3.24. The molecule has 2 aromatic rings. The quantitative estimate of drug-likeness (QED) is 0.917.